The van der Waals surface area contributed by atoms with Gasteiger partial charge in [0.05, 0.1) is 17.6 Å². The van der Waals surface area contributed by atoms with Crippen molar-refractivity contribution >= 4 is 15.9 Å². The highest BCUT2D eigenvalue weighted by Gasteiger charge is 2.09. The lowest BCUT2D eigenvalue weighted by Gasteiger charge is -2.11. The van der Waals surface area contributed by atoms with Crippen molar-refractivity contribution in [2.24, 2.45) is 5.92 Å². The molecule has 0 aliphatic rings. The first-order chi connectivity index (χ1) is 9.08. The molecule has 0 saturated heterocycles. The molecule has 0 bridgehead atoms. The summed E-state index contributed by atoms with van der Waals surface area (Å²) in [7, 11) is 0. The molecule has 1 heterocycles. The largest absolute Gasteiger partial charge is 0.311 e. The second-order valence-electron chi connectivity index (χ2n) is 5.12. The van der Waals surface area contributed by atoms with E-state index in [1.165, 1.54) is 5.56 Å². The molecule has 2 aromatic rings. The highest BCUT2D eigenvalue weighted by molar-refractivity contribution is 9.10. The minimum Gasteiger partial charge on any atom is -0.311 e. The molecule has 102 valence electrons. The molecular weight excluding hydrogens is 304 g/mol. The molecule has 19 heavy (non-hydrogen) atoms. The molecule has 0 unspecified atom stereocenters. The van der Waals surface area contributed by atoms with Crippen molar-refractivity contribution in [2.45, 2.75) is 27.3 Å². The third-order valence-electron chi connectivity index (χ3n) is 2.81. The highest BCUT2D eigenvalue weighted by Crippen LogP contribution is 2.22. The van der Waals surface area contributed by atoms with Crippen LogP contribution in [0.25, 0.3) is 5.69 Å². The van der Waals surface area contributed by atoms with E-state index in [4.69, 9.17) is 0 Å². The third kappa shape index (κ3) is 3.64. The summed E-state index contributed by atoms with van der Waals surface area (Å²) in [4.78, 5) is 0. The molecule has 0 fully saturated rings. The standard InChI is InChI=1S/C14H19BrN4/c1-10(2)7-16-8-12-9-17-18-19(12)14-6-11(3)4-5-13(14)15/h4-6,9-10,16H,7-8H2,1-3H3. The zero-order chi connectivity index (χ0) is 13.8. The fraction of sp³-hybridized carbons (Fsp3) is 0.429. The first-order valence-corrected chi connectivity index (χ1v) is 7.24. The lowest BCUT2D eigenvalue weighted by Crippen LogP contribution is -2.20. The van der Waals surface area contributed by atoms with E-state index >= 15 is 0 Å². The number of hydrogen-bond donors (Lipinski definition) is 1. The van der Waals surface area contributed by atoms with Crippen LogP contribution in [0.1, 0.15) is 25.1 Å². The predicted octanol–water partition coefficient (Wildman–Crippen LogP) is 3.08. The summed E-state index contributed by atoms with van der Waals surface area (Å²) in [5.74, 6) is 0.634. The molecule has 0 aliphatic carbocycles. The second kappa shape index (κ2) is 6.30. The number of benzene rings is 1. The van der Waals surface area contributed by atoms with E-state index in [2.05, 4.69) is 64.5 Å². The number of nitrogens with zero attached hydrogens (tertiary/aromatic N) is 3. The number of nitrogens with one attached hydrogen (secondary N) is 1. The van der Waals surface area contributed by atoms with Gasteiger partial charge in [-0.25, -0.2) is 4.68 Å². The SMILES string of the molecule is Cc1ccc(Br)c(-n2nncc2CNCC(C)C)c1. The van der Waals surface area contributed by atoms with Crippen molar-refractivity contribution in [3.63, 3.8) is 0 Å². The van der Waals surface area contributed by atoms with Crippen LogP contribution in [0.15, 0.2) is 28.9 Å². The van der Waals surface area contributed by atoms with Crippen molar-refractivity contribution in [2.75, 3.05) is 6.54 Å². The Hall–Kier alpha value is -1.20. The van der Waals surface area contributed by atoms with Gasteiger partial charge in [0, 0.05) is 11.0 Å². The van der Waals surface area contributed by atoms with Crippen molar-refractivity contribution in [1.82, 2.24) is 20.3 Å². The van der Waals surface area contributed by atoms with Crippen LogP contribution in [0, 0.1) is 12.8 Å². The summed E-state index contributed by atoms with van der Waals surface area (Å²) in [5.41, 5.74) is 3.29. The summed E-state index contributed by atoms with van der Waals surface area (Å²) in [6.07, 6.45) is 1.81. The lowest BCUT2D eigenvalue weighted by molar-refractivity contribution is 0.542. The molecule has 0 saturated carbocycles. The van der Waals surface area contributed by atoms with Crippen molar-refractivity contribution in [3.05, 3.63) is 40.1 Å². The van der Waals surface area contributed by atoms with Gasteiger partial charge in [-0.15, -0.1) is 5.10 Å². The Labute approximate surface area is 122 Å². The van der Waals surface area contributed by atoms with E-state index in [-0.39, 0.29) is 0 Å². The van der Waals surface area contributed by atoms with Crippen LogP contribution < -0.4 is 5.32 Å². The van der Waals surface area contributed by atoms with Crippen LogP contribution in [-0.2, 0) is 6.54 Å². The third-order valence-corrected chi connectivity index (χ3v) is 3.48. The zero-order valence-corrected chi connectivity index (χ0v) is 13.1. The summed E-state index contributed by atoms with van der Waals surface area (Å²) < 4.78 is 2.90. The van der Waals surface area contributed by atoms with Gasteiger partial charge in [0.1, 0.15) is 0 Å². The maximum atomic E-state index is 4.18. The Morgan fingerprint density at radius 1 is 1.37 bits per heavy atom. The van der Waals surface area contributed by atoms with Gasteiger partial charge in [0.25, 0.3) is 0 Å². The summed E-state index contributed by atoms with van der Waals surface area (Å²) in [6.45, 7) is 8.22. The van der Waals surface area contributed by atoms with E-state index in [1.807, 2.05) is 16.9 Å². The minimum atomic E-state index is 0.634. The van der Waals surface area contributed by atoms with E-state index in [0.717, 1.165) is 28.9 Å². The van der Waals surface area contributed by atoms with Crippen molar-refractivity contribution < 1.29 is 0 Å². The van der Waals surface area contributed by atoms with Gasteiger partial charge in [-0.2, -0.15) is 0 Å². The summed E-state index contributed by atoms with van der Waals surface area (Å²) >= 11 is 3.57. The molecule has 0 radical (unpaired) electrons. The molecule has 0 amide bonds. The van der Waals surface area contributed by atoms with Crippen molar-refractivity contribution in [1.29, 1.82) is 0 Å². The van der Waals surface area contributed by atoms with E-state index in [1.54, 1.807) is 0 Å². The topological polar surface area (TPSA) is 42.7 Å². The Morgan fingerprint density at radius 2 is 2.16 bits per heavy atom. The maximum Gasteiger partial charge on any atom is 0.0811 e. The smallest absolute Gasteiger partial charge is 0.0811 e. The van der Waals surface area contributed by atoms with Gasteiger partial charge in [-0.3, -0.25) is 0 Å². The number of hydrogen-bond acceptors (Lipinski definition) is 3. The van der Waals surface area contributed by atoms with Gasteiger partial charge in [-0.05, 0) is 53.0 Å². The molecule has 0 atom stereocenters. The maximum absolute atomic E-state index is 4.18. The molecular formula is C14H19BrN4. The monoisotopic (exact) mass is 322 g/mol. The van der Waals surface area contributed by atoms with Gasteiger partial charge in [-0.1, -0.05) is 25.1 Å². The Balaban J connectivity index is 2.21. The van der Waals surface area contributed by atoms with Crippen LogP contribution in [0.2, 0.25) is 0 Å². The molecule has 1 N–H and O–H groups in total. The highest BCUT2D eigenvalue weighted by atomic mass is 79.9. The van der Waals surface area contributed by atoms with Gasteiger partial charge < -0.3 is 5.32 Å². The Morgan fingerprint density at radius 3 is 2.89 bits per heavy atom. The average molecular weight is 323 g/mol. The van der Waals surface area contributed by atoms with E-state index < -0.39 is 0 Å². The van der Waals surface area contributed by atoms with Gasteiger partial charge in [0.2, 0.25) is 0 Å². The van der Waals surface area contributed by atoms with Crippen LogP contribution >= 0.6 is 15.9 Å². The average Bonchev–Trinajstić information content (AvgIpc) is 2.80. The quantitative estimate of drug-likeness (QED) is 0.919. The normalized spacial score (nSPS) is 11.2. The van der Waals surface area contributed by atoms with E-state index in [9.17, 15) is 0 Å². The first-order valence-electron chi connectivity index (χ1n) is 6.44. The molecule has 1 aromatic heterocycles. The van der Waals surface area contributed by atoms with Gasteiger partial charge in [0.15, 0.2) is 0 Å². The summed E-state index contributed by atoms with van der Waals surface area (Å²) in [6, 6.07) is 6.21. The number of aromatic nitrogens is 3. The van der Waals surface area contributed by atoms with Gasteiger partial charge >= 0.3 is 0 Å². The van der Waals surface area contributed by atoms with Crippen LogP contribution in [-0.4, -0.2) is 21.5 Å². The number of rotatable bonds is 5. The Bertz CT molecular complexity index is 548. The zero-order valence-electron chi connectivity index (χ0n) is 11.5. The second-order valence-corrected chi connectivity index (χ2v) is 5.97. The molecule has 0 aliphatic heterocycles. The van der Waals surface area contributed by atoms with Crippen LogP contribution in [0.3, 0.4) is 0 Å². The molecule has 4 nitrogen and oxygen atoms in total. The first kappa shape index (κ1) is 14.2. The lowest BCUT2D eigenvalue weighted by atomic mass is 10.2. The number of aryl methyl sites for hydroxylation is 1. The van der Waals surface area contributed by atoms with Crippen LogP contribution in [0.4, 0.5) is 0 Å². The fourth-order valence-electron chi connectivity index (χ4n) is 1.85. The number of halogens is 1. The van der Waals surface area contributed by atoms with Crippen LogP contribution in [0.5, 0.6) is 0 Å². The molecule has 2 rings (SSSR count). The molecule has 0 spiro atoms. The van der Waals surface area contributed by atoms with Crippen molar-refractivity contribution in [3.8, 4) is 5.69 Å². The predicted molar refractivity (Wildman–Crippen MR) is 80.3 cm³/mol. The summed E-state index contributed by atoms with van der Waals surface area (Å²) in [5, 5.41) is 11.6. The Kier molecular flexibility index (Phi) is 4.71. The van der Waals surface area contributed by atoms with E-state index in [0.29, 0.717) is 5.92 Å². The molecule has 5 heteroatoms. The molecule has 1 aromatic carbocycles. The fourth-order valence-corrected chi connectivity index (χ4v) is 2.27. The minimum absolute atomic E-state index is 0.634.